The van der Waals surface area contributed by atoms with E-state index in [-0.39, 0.29) is 0 Å². The van der Waals surface area contributed by atoms with Gasteiger partial charge >= 0.3 is 0 Å². The van der Waals surface area contributed by atoms with E-state index in [2.05, 4.69) is 25.9 Å². The lowest BCUT2D eigenvalue weighted by Gasteiger charge is -2.08. The van der Waals surface area contributed by atoms with Gasteiger partial charge in [0.15, 0.2) is 0 Å². The molecule has 98 valence electrons. The summed E-state index contributed by atoms with van der Waals surface area (Å²) in [5.41, 5.74) is 2.19. The van der Waals surface area contributed by atoms with Crippen LogP contribution in [0.15, 0.2) is 28.7 Å². The van der Waals surface area contributed by atoms with Crippen molar-refractivity contribution in [2.45, 2.75) is 18.8 Å². The molecule has 0 spiro atoms. The first-order chi connectivity index (χ1) is 9.19. The van der Waals surface area contributed by atoms with Crippen molar-refractivity contribution < 1.29 is 4.74 Å². The van der Waals surface area contributed by atoms with Crippen molar-refractivity contribution in [2.75, 3.05) is 7.11 Å². The van der Waals surface area contributed by atoms with Crippen LogP contribution in [0.3, 0.4) is 0 Å². The third kappa shape index (κ3) is 2.58. The molecule has 3 rings (SSSR count). The summed E-state index contributed by atoms with van der Waals surface area (Å²) >= 11 is 8.85. The van der Waals surface area contributed by atoms with Crippen LogP contribution in [0.25, 0.3) is 11.4 Å². The van der Waals surface area contributed by atoms with E-state index in [1.54, 1.807) is 7.11 Å². The Labute approximate surface area is 125 Å². The molecule has 0 radical (unpaired) electrons. The molecule has 1 aromatic heterocycles. The lowest BCUT2D eigenvalue weighted by atomic mass is 10.2. The summed E-state index contributed by atoms with van der Waals surface area (Å²) < 4.78 is 6.71. The number of ether oxygens (including phenoxy) is 1. The molecule has 0 atom stereocenters. The maximum Gasteiger partial charge on any atom is 0.144 e. The highest BCUT2D eigenvalue weighted by Gasteiger charge is 2.27. The zero-order valence-electron chi connectivity index (χ0n) is 10.4. The van der Waals surface area contributed by atoms with Crippen molar-refractivity contribution in [3.05, 3.63) is 39.1 Å². The molecule has 2 aromatic rings. The minimum Gasteiger partial charge on any atom is -0.497 e. The molecule has 3 nitrogen and oxygen atoms in total. The van der Waals surface area contributed by atoms with Crippen molar-refractivity contribution in [2.24, 2.45) is 0 Å². The van der Waals surface area contributed by atoms with Gasteiger partial charge in [0.2, 0.25) is 0 Å². The largest absolute Gasteiger partial charge is 0.497 e. The fourth-order valence-electron chi connectivity index (χ4n) is 2.02. The SMILES string of the molecule is COc1ccc(-c2nc(=S)c(Br)c(C3CC3)[nH]2)cc1. The highest BCUT2D eigenvalue weighted by atomic mass is 79.9. The summed E-state index contributed by atoms with van der Waals surface area (Å²) in [4.78, 5) is 7.84. The third-order valence-corrected chi connectivity index (χ3v) is 4.60. The summed E-state index contributed by atoms with van der Waals surface area (Å²) in [6.07, 6.45) is 2.44. The molecule has 1 saturated carbocycles. The molecule has 0 aliphatic heterocycles. The lowest BCUT2D eigenvalue weighted by molar-refractivity contribution is 0.415. The van der Waals surface area contributed by atoms with E-state index >= 15 is 0 Å². The van der Waals surface area contributed by atoms with Crippen LogP contribution >= 0.6 is 28.1 Å². The van der Waals surface area contributed by atoms with Crippen LogP contribution in [0.4, 0.5) is 0 Å². The number of H-pyrrole nitrogens is 1. The van der Waals surface area contributed by atoms with E-state index in [0.717, 1.165) is 21.6 Å². The average molecular weight is 337 g/mol. The van der Waals surface area contributed by atoms with Crippen LogP contribution < -0.4 is 4.74 Å². The molecule has 1 aliphatic rings. The van der Waals surface area contributed by atoms with Gasteiger partial charge in [0, 0.05) is 17.2 Å². The van der Waals surface area contributed by atoms with Crippen molar-refractivity contribution in [1.29, 1.82) is 0 Å². The van der Waals surface area contributed by atoms with Crippen molar-refractivity contribution in [1.82, 2.24) is 9.97 Å². The number of hydrogen-bond acceptors (Lipinski definition) is 3. The number of benzene rings is 1. The Hall–Kier alpha value is -1.20. The zero-order chi connectivity index (χ0) is 13.4. The summed E-state index contributed by atoms with van der Waals surface area (Å²) in [6, 6.07) is 7.81. The second-order valence-electron chi connectivity index (χ2n) is 4.62. The molecular formula is C14H13BrN2OS. The Bertz CT molecular complexity index is 662. The predicted molar refractivity (Wildman–Crippen MR) is 81.1 cm³/mol. The Morgan fingerprint density at radius 1 is 1.32 bits per heavy atom. The number of nitrogens with one attached hydrogen (secondary N) is 1. The van der Waals surface area contributed by atoms with Gasteiger partial charge in [0.25, 0.3) is 0 Å². The number of methoxy groups -OCH3 is 1. The lowest BCUT2D eigenvalue weighted by Crippen LogP contribution is -1.97. The molecule has 0 unspecified atom stereocenters. The van der Waals surface area contributed by atoms with Crippen molar-refractivity contribution >= 4 is 28.1 Å². The van der Waals surface area contributed by atoms with E-state index in [1.165, 1.54) is 18.5 Å². The molecule has 5 heteroatoms. The number of hydrogen-bond donors (Lipinski definition) is 1. The Morgan fingerprint density at radius 3 is 2.58 bits per heavy atom. The number of aromatic amines is 1. The predicted octanol–water partition coefficient (Wildman–Crippen LogP) is 4.45. The van der Waals surface area contributed by atoms with Crippen LogP contribution in [-0.2, 0) is 0 Å². The fourth-order valence-corrected chi connectivity index (χ4v) is 2.73. The van der Waals surface area contributed by atoms with E-state index < -0.39 is 0 Å². The molecule has 1 fully saturated rings. The molecular weight excluding hydrogens is 324 g/mol. The second-order valence-corrected chi connectivity index (χ2v) is 5.80. The van der Waals surface area contributed by atoms with Gasteiger partial charge in [-0.3, -0.25) is 0 Å². The van der Waals surface area contributed by atoms with Gasteiger partial charge in [-0.15, -0.1) is 0 Å². The fraction of sp³-hybridized carbons (Fsp3) is 0.286. The Kier molecular flexibility index (Phi) is 3.41. The van der Waals surface area contributed by atoms with Crippen molar-refractivity contribution in [3.8, 4) is 17.1 Å². The monoisotopic (exact) mass is 336 g/mol. The van der Waals surface area contributed by atoms with Gasteiger partial charge in [0.1, 0.15) is 16.2 Å². The van der Waals surface area contributed by atoms with Gasteiger partial charge in [-0.05, 0) is 53.0 Å². The molecule has 1 N–H and O–H groups in total. The molecule has 0 bridgehead atoms. The zero-order valence-corrected chi connectivity index (χ0v) is 12.8. The van der Waals surface area contributed by atoms with Crippen LogP contribution in [0.5, 0.6) is 5.75 Å². The molecule has 19 heavy (non-hydrogen) atoms. The van der Waals surface area contributed by atoms with Gasteiger partial charge in [-0.1, -0.05) is 12.2 Å². The highest BCUT2D eigenvalue weighted by molar-refractivity contribution is 9.10. The van der Waals surface area contributed by atoms with E-state index in [1.807, 2.05) is 24.3 Å². The molecule has 1 aromatic carbocycles. The molecule has 0 amide bonds. The van der Waals surface area contributed by atoms with E-state index in [0.29, 0.717) is 10.6 Å². The van der Waals surface area contributed by atoms with E-state index in [9.17, 15) is 0 Å². The van der Waals surface area contributed by atoms with Crippen LogP contribution in [0.1, 0.15) is 24.5 Å². The maximum absolute atomic E-state index is 5.32. The van der Waals surface area contributed by atoms with Crippen LogP contribution in [-0.4, -0.2) is 17.1 Å². The van der Waals surface area contributed by atoms with Gasteiger partial charge in [-0.25, -0.2) is 4.98 Å². The quantitative estimate of drug-likeness (QED) is 0.841. The Balaban J connectivity index is 2.06. The first-order valence-electron chi connectivity index (χ1n) is 6.13. The summed E-state index contributed by atoms with van der Waals surface area (Å²) in [5, 5.41) is 0. The summed E-state index contributed by atoms with van der Waals surface area (Å²) in [5.74, 6) is 2.25. The van der Waals surface area contributed by atoms with Crippen LogP contribution in [0, 0.1) is 4.64 Å². The molecule has 1 aliphatic carbocycles. The number of nitrogens with zero attached hydrogens (tertiary/aromatic N) is 1. The second kappa shape index (κ2) is 5.06. The number of aromatic nitrogens is 2. The first-order valence-corrected chi connectivity index (χ1v) is 7.33. The van der Waals surface area contributed by atoms with Crippen LogP contribution in [0.2, 0.25) is 0 Å². The summed E-state index contributed by atoms with van der Waals surface area (Å²) in [6.45, 7) is 0. The minimum atomic E-state index is 0.594. The average Bonchev–Trinajstić information content (AvgIpc) is 3.26. The molecule has 1 heterocycles. The van der Waals surface area contributed by atoms with Gasteiger partial charge in [-0.2, -0.15) is 0 Å². The third-order valence-electron chi connectivity index (χ3n) is 3.24. The molecule has 0 saturated heterocycles. The number of rotatable bonds is 3. The summed E-state index contributed by atoms with van der Waals surface area (Å²) in [7, 11) is 1.66. The highest BCUT2D eigenvalue weighted by Crippen LogP contribution is 2.42. The minimum absolute atomic E-state index is 0.594. The standard InChI is InChI=1S/C14H13BrN2OS/c1-18-10-6-4-9(5-7-10)13-16-12(8-2-3-8)11(15)14(19)17-13/h4-8H,2-3H2,1H3,(H,16,17,19). The first kappa shape index (κ1) is 12.8. The number of halogens is 1. The smallest absolute Gasteiger partial charge is 0.144 e. The Morgan fingerprint density at radius 2 is 2.00 bits per heavy atom. The van der Waals surface area contributed by atoms with E-state index in [4.69, 9.17) is 17.0 Å². The maximum atomic E-state index is 5.32. The van der Waals surface area contributed by atoms with Gasteiger partial charge < -0.3 is 9.72 Å². The normalized spacial score (nSPS) is 14.4. The van der Waals surface area contributed by atoms with Gasteiger partial charge in [0.05, 0.1) is 11.6 Å². The topological polar surface area (TPSA) is 37.9 Å². The van der Waals surface area contributed by atoms with Crippen molar-refractivity contribution in [3.63, 3.8) is 0 Å².